The largest absolute Gasteiger partial charge is 0.340 e. The molecule has 16 heavy (non-hydrogen) atoms. The van der Waals surface area contributed by atoms with Gasteiger partial charge >= 0.3 is 0 Å². The summed E-state index contributed by atoms with van der Waals surface area (Å²) in [6.45, 7) is 3.00. The molecule has 0 spiro atoms. The highest BCUT2D eigenvalue weighted by Gasteiger charge is 2.26. The average Bonchev–Trinajstić information content (AvgIpc) is 2.91. The number of amides is 1. The second kappa shape index (κ2) is 5.51. The Labute approximate surface area is 98.7 Å². The van der Waals surface area contributed by atoms with Crippen LogP contribution in [0.2, 0.25) is 0 Å². The van der Waals surface area contributed by atoms with Crippen molar-refractivity contribution in [3.63, 3.8) is 0 Å². The predicted octanol–water partition coefficient (Wildman–Crippen LogP) is 3.13. The molecule has 2 nitrogen and oxygen atoms in total. The van der Waals surface area contributed by atoms with E-state index in [0.717, 1.165) is 19.4 Å². The Morgan fingerprint density at radius 1 is 1.31 bits per heavy atom. The Balaban J connectivity index is 1.87. The van der Waals surface area contributed by atoms with Gasteiger partial charge in [-0.25, -0.2) is 0 Å². The van der Waals surface area contributed by atoms with Crippen molar-refractivity contribution in [1.82, 2.24) is 4.90 Å². The summed E-state index contributed by atoms with van der Waals surface area (Å²) in [5, 5.41) is 0. The maximum atomic E-state index is 12.2. The Morgan fingerprint density at radius 3 is 2.62 bits per heavy atom. The molecule has 2 aliphatic rings. The van der Waals surface area contributed by atoms with E-state index in [1.54, 1.807) is 0 Å². The molecule has 0 aromatic carbocycles. The summed E-state index contributed by atoms with van der Waals surface area (Å²) in [5.74, 6) is 0.897. The van der Waals surface area contributed by atoms with Crippen molar-refractivity contribution in [3.8, 4) is 0 Å². The van der Waals surface area contributed by atoms with E-state index in [1.165, 1.54) is 32.1 Å². The molecular weight excluding hydrogens is 198 g/mol. The van der Waals surface area contributed by atoms with Gasteiger partial charge in [-0.3, -0.25) is 4.79 Å². The summed E-state index contributed by atoms with van der Waals surface area (Å²) in [6, 6.07) is 0.544. The Morgan fingerprint density at radius 2 is 2.06 bits per heavy atom. The summed E-state index contributed by atoms with van der Waals surface area (Å²) >= 11 is 0. The standard InChI is InChI=1S/C14H23NO/c1-2-15(13-9-5-6-10-13)14(16)11-12-7-3-4-8-12/h3,7,12-13H,2,4-6,8-11H2,1H3. The van der Waals surface area contributed by atoms with E-state index < -0.39 is 0 Å². The van der Waals surface area contributed by atoms with Gasteiger partial charge in [0, 0.05) is 19.0 Å². The minimum atomic E-state index is 0.381. The fraction of sp³-hybridized carbons (Fsp3) is 0.786. The van der Waals surface area contributed by atoms with E-state index in [9.17, 15) is 4.79 Å². The van der Waals surface area contributed by atoms with Crippen LogP contribution in [0.3, 0.4) is 0 Å². The molecule has 2 rings (SSSR count). The topological polar surface area (TPSA) is 20.3 Å². The van der Waals surface area contributed by atoms with Gasteiger partial charge < -0.3 is 4.90 Å². The van der Waals surface area contributed by atoms with Gasteiger partial charge in [0.05, 0.1) is 0 Å². The molecule has 1 fully saturated rings. The SMILES string of the molecule is CCN(C(=O)CC1C=CCC1)C1CCCC1. The number of hydrogen-bond donors (Lipinski definition) is 0. The summed E-state index contributed by atoms with van der Waals surface area (Å²) < 4.78 is 0. The zero-order valence-corrected chi connectivity index (χ0v) is 10.3. The van der Waals surface area contributed by atoms with Crippen LogP contribution in [-0.4, -0.2) is 23.4 Å². The second-order valence-electron chi connectivity index (χ2n) is 5.09. The van der Waals surface area contributed by atoms with Crippen LogP contribution in [0, 0.1) is 5.92 Å². The highest BCUT2D eigenvalue weighted by molar-refractivity contribution is 5.77. The first-order valence-electron chi connectivity index (χ1n) is 6.77. The van der Waals surface area contributed by atoms with Crippen LogP contribution in [0.4, 0.5) is 0 Å². The molecule has 1 atom stereocenters. The third-order valence-electron chi connectivity index (χ3n) is 3.98. The van der Waals surface area contributed by atoms with Gasteiger partial charge in [0.25, 0.3) is 0 Å². The van der Waals surface area contributed by atoms with Gasteiger partial charge in [-0.05, 0) is 38.5 Å². The number of hydrogen-bond acceptors (Lipinski definition) is 1. The monoisotopic (exact) mass is 221 g/mol. The normalized spacial score (nSPS) is 25.2. The van der Waals surface area contributed by atoms with Crippen molar-refractivity contribution in [3.05, 3.63) is 12.2 Å². The summed E-state index contributed by atoms with van der Waals surface area (Å²) in [4.78, 5) is 14.3. The van der Waals surface area contributed by atoms with Gasteiger partial charge in [-0.1, -0.05) is 25.0 Å². The van der Waals surface area contributed by atoms with Crippen LogP contribution in [0.5, 0.6) is 0 Å². The third kappa shape index (κ3) is 2.66. The number of nitrogens with zero attached hydrogens (tertiary/aromatic N) is 1. The molecule has 0 bridgehead atoms. The van der Waals surface area contributed by atoms with Crippen molar-refractivity contribution in [1.29, 1.82) is 0 Å². The van der Waals surface area contributed by atoms with Crippen molar-refractivity contribution >= 4 is 5.91 Å². The average molecular weight is 221 g/mol. The molecule has 0 saturated heterocycles. The smallest absolute Gasteiger partial charge is 0.223 e. The first kappa shape index (κ1) is 11.7. The lowest BCUT2D eigenvalue weighted by Gasteiger charge is -2.28. The number of carbonyl (C=O) groups is 1. The van der Waals surface area contributed by atoms with E-state index >= 15 is 0 Å². The van der Waals surface area contributed by atoms with Crippen molar-refractivity contribution < 1.29 is 4.79 Å². The van der Waals surface area contributed by atoms with Crippen LogP contribution >= 0.6 is 0 Å². The van der Waals surface area contributed by atoms with E-state index in [0.29, 0.717) is 17.9 Å². The van der Waals surface area contributed by atoms with Crippen LogP contribution in [-0.2, 0) is 4.79 Å². The van der Waals surface area contributed by atoms with Crippen molar-refractivity contribution in [2.45, 2.75) is 57.9 Å². The van der Waals surface area contributed by atoms with Gasteiger partial charge in [0.1, 0.15) is 0 Å². The van der Waals surface area contributed by atoms with Gasteiger partial charge in [0.15, 0.2) is 0 Å². The molecule has 1 unspecified atom stereocenters. The zero-order valence-electron chi connectivity index (χ0n) is 10.3. The van der Waals surface area contributed by atoms with E-state index in [4.69, 9.17) is 0 Å². The quantitative estimate of drug-likeness (QED) is 0.668. The van der Waals surface area contributed by atoms with Crippen LogP contribution in [0.15, 0.2) is 12.2 Å². The molecule has 2 heteroatoms. The molecule has 0 heterocycles. The lowest BCUT2D eigenvalue weighted by molar-refractivity contribution is -0.133. The van der Waals surface area contributed by atoms with Crippen molar-refractivity contribution in [2.24, 2.45) is 5.92 Å². The highest BCUT2D eigenvalue weighted by Crippen LogP contribution is 2.26. The minimum absolute atomic E-state index is 0.381. The van der Waals surface area contributed by atoms with Crippen LogP contribution < -0.4 is 0 Å². The first-order valence-corrected chi connectivity index (χ1v) is 6.77. The van der Waals surface area contributed by atoms with Crippen LogP contribution in [0.1, 0.15) is 51.9 Å². The molecule has 0 aromatic heterocycles. The first-order chi connectivity index (χ1) is 7.81. The zero-order chi connectivity index (χ0) is 11.4. The second-order valence-corrected chi connectivity index (χ2v) is 5.09. The molecule has 0 radical (unpaired) electrons. The number of carbonyl (C=O) groups excluding carboxylic acids is 1. The highest BCUT2D eigenvalue weighted by atomic mass is 16.2. The molecule has 1 amide bonds. The Hall–Kier alpha value is -0.790. The molecule has 2 aliphatic carbocycles. The van der Waals surface area contributed by atoms with E-state index in [-0.39, 0.29) is 0 Å². The maximum Gasteiger partial charge on any atom is 0.223 e. The van der Waals surface area contributed by atoms with E-state index in [1.807, 2.05) is 0 Å². The Kier molecular flexibility index (Phi) is 4.03. The molecule has 0 aromatic rings. The van der Waals surface area contributed by atoms with Crippen molar-refractivity contribution in [2.75, 3.05) is 6.54 Å². The molecule has 1 saturated carbocycles. The summed E-state index contributed by atoms with van der Waals surface area (Å²) in [5.41, 5.74) is 0. The summed E-state index contributed by atoms with van der Waals surface area (Å²) in [7, 11) is 0. The minimum Gasteiger partial charge on any atom is -0.340 e. The number of allylic oxidation sites excluding steroid dienone is 2. The van der Waals surface area contributed by atoms with Gasteiger partial charge in [0.2, 0.25) is 5.91 Å². The maximum absolute atomic E-state index is 12.2. The lowest BCUT2D eigenvalue weighted by atomic mass is 10.0. The number of rotatable bonds is 4. The molecule has 0 aliphatic heterocycles. The molecular formula is C14H23NO. The summed E-state index contributed by atoms with van der Waals surface area (Å²) in [6.07, 6.45) is 12.6. The predicted molar refractivity (Wildman–Crippen MR) is 66.1 cm³/mol. The van der Waals surface area contributed by atoms with Crippen LogP contribution in [0.25, 0.3) is 0 Å². The van der Waals surface area contributed by atoms with Gasteiger partial charge in [-0.15, -0.1) is 0 Å². The van der Waals surface area contributed by atoms with E-state index in [2.05, 4.69) is 24.0 Å². The Bertz CT molecular complexity index is 266. The molecule has 0 N–H and O–H groups in total. The fourth-order valence-corrected chi connectivity index (χ4v) is 3.06. The molecule has 90 valence electrons. The van der Waals surface area contributed by atoms with Gasteiger partial charge in [-0.2, -0.15) is 0 Å². The lowest BCUT2D eigenvalue weighted by Crippen LogP contribution is -2.39. The third-order valence-corrected chi connectivity index (χ3v) is 3.98. The fourth-order valence-electron chi connectivity index (χ4n) is 3.06.